The summed E-state index contributed by atoms with van der Waals surface area (Å²) in [6.07, 6.45) is 4.51. The van der Waals surface area contributed by atoms with Gasteiger partial charge in [0.2, 0.25) is 11.8 Å². The lowest BCUT2D eigenvalue weighted by molar-refractivity contribution is -0.147. The maximum absolute atomic E-state index is 12.9. The highest BCUT2D eigenvalue weighted by atomic mass is 32.3. The van der Waals surface area contributed by atoms with Crippen molar-refractivity contribution >= 4 is 28.5 Å². The second-order valence-corrected chi connectivity index (χ2v) is 11.9. The van der Waals surface area contributed by atoms with Crippen molar-refractivity contribution < 1.29 is 18.7 Å². The summed E-state index contributed by atoms with van der Waals surface area (Å²) in [5.74, 6) is 0.734. The molecule has 5 aliphatic rings. The number of amides is 2. The van der Waals surface area contributed by atoms with E-state index in [1.54, 1.807) is 4.31 Å². The summed E-state index contributed by atoms with van der Waals surface area (Å²) in [7, 11) is -3.24. The van der Waals surface area contributed by atoms with Crippen LogP contribution in [-0.2, 0) is 9.59 Å². The van der Waals surface area contributed by atoms with E-state index in [1.807, 2.05) is 31.2 Å². The van der Waals surface area contributed by atoms with Crippen LogP contribution in [-0.4, -0.2) is 50.9 Å². The minimum Gasteiger partial charge on any atom is -0.369 e. The summed E-state index contributed by atoms with van der Waals surface area (Å²) in [4.78, 5) is 25.1. The van der Waals surface area contributed by atoms with E-state index in [-0.39, 0.29) is 41.7 Å². The number of carbonyl (C=O) groups excluding carboxylic acids is 2. The number of nitrogens with two attached hydrogens (primary N) is 1. The molecule has 1 saturated heterocycles. The first kappa shape index (κ1) is 21.1. The first-order valence-corrected chi connectivity index (χ1v) is 12.6. The molecule has 4 aliphatic carbocycles. The molecule has 31 heavy (non-hydrogen) atoms. The lowest BCUT2D eigenvalue weighted by Gasteiger charge is -2.58. The van der Waals surface area contributed by atoms with Crippen LogP contribution in [0.4, 0.5) is 5.69 Å². The van der Waals surface area contributed by atoms with E-state index in [0.29, 0.717) is 19.0 Å². The van der Waals surface area contributed by atoms with Crippen LogP contribution < -0.4 is 15.4 Å². The number of aryl methyl sites for hydroxylation is 1. The Morgan fingerprint density at radius 2 is 1.84 bits per heavy atom. The predicted octanol–water partition coefficient (Wildman–Crippen LogP) is 2.49. The molecular weight excluding hydrogens is 416 g/mol. The Kier molecular flexibility index (Phi) is 5.00. The highest BCUT2D eigenvalue weighted by Gasteiger charge is 2.58. The zero-order chi connectivity index (χ0) is 22.0. The third-order valence-electron chi connectivity index (χ3n) is 8.02. The Morgan fingerprint density at radius 3 is 2.48 bits per heavy atom. The van der Waals surface area contributed by atoms with Crippen molar-refractivity contribution in [3.05, 3.63) is 29.8 Å². The average Bonchev–Trinajstić information content (AvgIpc) is 2.98. The standard InChI is InChI=1S/C22H32N4O4S/c1-14-4-2-3-5-18(14)26-7-6-25(31(26,29)30)13-19(27)24-20-16-8-15-9-17(20)12-22(10-15,11-16)21(23)28/h2-5,15-17,20,29-30H,6-13H2,1H3,(H2,23,28)(H,24,27). The molecule has 6 rings (SSSR count). The van der Waals surface area contributed by atoms with Crippen LogP contribution in [0.15, 0.2) is 24.3 Å². The SMILES string of the molecule is Cc1ccccc1N1CCN(CC(=O)NC2C3CC4CC2CC(C(N)=O)(C4)C3)S1(O)O. The van der Waals surface area contributed by atoms with Gasteiger partial charge < -0.3 is 11.1 Å². The highest BCUT2D eigenvalue weighted by molar-refractivity contribution is 8.23. The Hall–Kier alpha value is -1.81. The van der Waals surface area contributed by atoms with Crippen LogP contribution in [0.2, 0.25) is 0 Å². The zero-order valence-electron chi connectivity index (χ0n) is 17.9. The first-order valence-electron chi connectivity index (χ1n) is 11.2. The van der Waals surface area contributed by atoms with Gasteiger partial charge in [-0.3, -0.25) is 23.0 Å². The fraction of sp³-hybridized carbons (Fsp3) is 0.636. The van der Waals surface area contributed by atoms with Crippen molar-refractivity contribution in [1.82, 2.24) is 9.62 Å². The number of rotatable bonds is 5. The van der Waals surface area contributed by atoms with Crippen LogP contribution in [0.3, 0.4) is 0 Å². The van der Waals surface area contributed by atoms with E-state index in [9.17, 15) is 18.7 Å². The predicted molar refractivity (Wildman–Crippen MR) is 120 cm³/mol. The summed E-state index contributed by atoms with van der Waals surface area (Å²) in [6, 6.07) is 7.65. The van der Waals surface area contributed by atoms with Gasteiger partial charge in [-0.05, 0) is 79.4 Å². The van der Waals surface area contributed by atoms with Crippen molar-refractivity contribution in [3.8, 4) is 0 Å². The number of hydrogen-bond donors (Lipinski definition) is 4. The van der Waals surface area contributed by atoms with Gasteiger partial charge >= 0.3 is 0 Å². The monoisotopic (exact) mass is 448 g/mol. The van der Waals surface area contributed by atoms with Gasteiger partial charge in [0.25, 0.3) is 0 Å². The second-order valence-electron chi connectivity index (χ2n) is 9.95. The average molecular weight is 449 g/mol. The fourth-order valence-corrected chi connectivity index (χ4v) is 8.49. The van der Waals surface area contributed by atoms with Gasteiger partial charge in [0.15, 0.2) is 0 Å². The number of anilines is 1. The molecule has 5 fully saturated rings. The van der Waals surface area contributed by atoms with Crippen LogP contribution in [0, 0.1) is 30.1 Å². The molecule has 8 nitrogen and oxygen atoms in total. The second kappa shape index (κ2) is 7.37. The molecule has 2 amide bonds. The quantitative estimate of drug-likeness (QED) is 0.550. The molecule has 4 bridgehead atoms. The lowest BCUT2D eigenvalue weighted by Crippen LogP contribution is -2.62. The van der Waals surface area contributed by atoms with E-state index in [0.717, 1.165) is 43.4 Å². The molecule has 0 spiro atoms. The molecule has 5 N–H and O–H groups in total. The van der Waals surface area contributed by atoms with Gasteiger partial charge in [0, 0.05) is 18.0 Å². The lowest BCUT2D eigenvalue weighted by atomic mass is 9.47. The van der Waals surface area contributed by atoms with Crippen molar-refractivity contribution in [3.63, 3.8) is 0 Å². The summed E-state index contributed by atoms with van der Waals surface area (Å²) in [6.45, 7) is 2.75. The van der Waals surface area contributed by atoms with Crippen molar-refractivity contribution in [2.75, 3.05) is 23.9 Å². The highest BCUT2D eigenvalue weighted by Crippen LogP contribution is 2.60. The van der Waals surface area contributed by atoms with Gasteiger partial charge in [-0.25, -0.2) is 0 Å². The fourth-order valence-electron chi connectivity index (χ4n) is 6.80. The van der Waals surface area contributed by atoms with Crippen LogP contribution >= 0.6 is 11.0 Å². The largest absolute Gasteiger partial charge is 0.369 e. The maximum atomic E-state index is 12.9. The number of benzene rings is 1. The minimum atomic E-state index is -3.24. The van der Waals surface area contributed by atoms with E-state index >= 15 is 0 Å². The molecule has 1 heterocycles. The molecular formula is C22H32N4O4S. The molecule has 0 radical (unpaired) electrons. The molecule has 170 valence electrons. The van der Waals surface area contributed by atoms with E-state index in [1.165, 1.54) is 4.31 Å². The smallest absolute Gasteiger partial charge is 0.236 e. The summed E-state index contributed by atoms with van der Waals surface area (Å²) >= 11 is 0. The van der Waals surface area contributed by atoms with Gasteiger partial charge in [-0.2, -0.15) is 4.31 Å². The van der Waals surface area contributed by atoms with E-state index in [4.69, 9.17) is 5.73 Å². The Labute approximate surface area is 184 Å². The third kappa shape index (κ3) is 3.42. The van der Waals surface area contributed by atoms with Crippen LogP contribution in [0.25, 0.3) is 0 Å². The Bertz CT molecular complexity index is 893. The number of nitrogens with one attached hydrogen (secondary N) is 1. The normalized spacial score (nSPS) is 37.1. The third-order valence-corrected chi connectivity index (χ3v) is 10.00. The van der Waals surface area contributed by atoms with Gasteiger partial charge in [0.1, 0.15) is 0 Å². The molecule has 4 saturated carbocycles. The summed E-state index contributed by atoms with van der Waals surface area (Å²) < 4.78 is 24.9. The van der Waals surface area contributed by atoms with Crippen LogP contribution in [0.1, 0.15) is 37.7 Å². The molecule has 0 aromatic heterocycles. The Morgan fingerprint density at radius 1 is 1.16 bits per heavy atom. The summed E-state index contributed by atoms with van der Waals surface area (Å²) in [5.41, 5.74) is 7.12. The Balaban J connectivity index is 1.25. The maximum Gasteiger partial charge on any atom is 0.236 e. The molecule has 2 atom stereocenters. The molecule has 1 aromatic rings. The number of para-hydroxylation sites is 1. The number of primary amides is 1. The van der Waals surface area contributed by atoms with Gasteiger partial charge in [0.05, 0.1) is 18.8 Å². The molecule has 2 unspecified atom stereocenters. The van der Waals surface area contributed by atoms with Crippen molar-refractivity contribution in [2.24, 2.45) is 28.9 Å². The molecule has 9 heteroatoms. The van der Waals surface area contributed by atoms with Crippen molar-refractivity contribution in [1.29, 1.82) is 0 Å². The van der Waals surface area contributed by atoms with Gasteiger partial charge in [-0.15, -0.1) is 0 Å². The number of nitrogens with zero attached hydrogens (tertiary/aromatic N) is 2. The van der Waals surface area contributed by atoms with E-state index < -0.39 is 11.0 Å². The molecule has 1 aliphatic heterocycles. The topological polar surface area (TPSA) is 119 Å². The number of hydrogen-bond acceptors (Lipinski definition) is 6. The van der Waals surface area contributed by atoms with Crippen LogP contribution in [0.5, 0.6) is 0 Å². The zero-order valence-corrected chi connectivity index (χ0v) is 18.7. The minimum absolute atomic E-state index is 0.0494. The van der Waals surface area contributed by atoms with E-state index in [2.05, 4.69) is 5.32 Å². The summed E-state index contributed by atoms with van der Waals surface area (Å²) in [5, 5.41) is 3.19. The van der Waals surface area contributed by atoms with Crippen molar-refractivity contribution in [2.45, 2.75) is 45.1 Å². The first-order chi connectivity index (χ1) is 14.7. The molecule has 1 aromatic carbocycles. The number of carbonyl (C=O) groups is 2. The van der Waals surface area contributed by atoms with Gasteiger partial charge in [-0.1, -0.05) is 18.2 Å².